The molecule has 210 valence electrons. The lowest BCUT2D eigenvalue weighted by Crippen LogP contribution is -2.24. The summed E-state index contributed by atoms with van der Waals surface area (Å²) in [5, 5.41) is 0. The zero-order valence-electron chi connectivity index (χ0n) is 21.8. The molecule has 1 saturated heterocycles. The number of rotatable bonds is 8. The Hall–Kier alpha value is -4.16. The Balaban J connectivity index is 1.42. The van der Waals surface area contributed by atoms with E-state index in [1.807, 2.05) is 4.90 Å². The van der Waals surface area contributed by atoms with Crippen molar-refractivity contribution in [1.29, 1.82) is 0 Å². The van der Waals surface area contributed by atoms with Crippen LogP contribution in [0.25, 0.3) is 17.2 Å². The molecular weight excluding hydrogens is 543 g/mol. The SMILES string of the molecule is COC(=O)c1c(NS(=O)(=O)c2ccc(F)cc2C=CCN2CC[C@@H](OC(C)=O)C2)ccc2c1OCc1occc1-2. The van der Waals surface area contributed by atoms with Crippen molar-refractivity contribution in [2.45, 2.75) is 31.0 Å². The minimum absolute atomic E-state index is 0.0506. The summed E-state index contributed by atoms with van der Waals surface area (Å²) in [5.41, 5.74) is 1.27. The third-order valence-corrected chi connectivity index (χ3v) is 8.10. The summed E-state index contributed by atoms with van der Waals surface area (Å²) >= 11 is 0. The maximum Gasteiger partial charge on any atom is 0.343 e. The van der Waals surface area contributed by atoms with Gasteiger partial charge in [-0.05, 0) is 48.4 Å². The molecule has 1 aromatic heterocycles. The lowest BCUT2D eigenvalue weighted by atomic mass is 9.98. The molecule has 0 radical (unpaired) electrons. The van der Waals surface area contributed by atoms with E-state index in [-0.39, 0.29) is 46.1 Å². The number of benzene rings is 2. The highest BCUT2D eigenvalue weighted by Gasteiger charge is 2.30. The molecule has 12 heteroatoms. The minimum atomic E-state index is -4.29. The van der Waals surface area contributed by atoms with Crippen molar-refractivity contribution in [2.24, 2.45) is 0 Å². The summed E-state index contributed by atoms with van der Waals surface area (Å²) in [6.07, 6.45) is 5.26. The van der Waals surface area contributed by atoms with E-state index in [9.17, 15) is 22.4 Å². The van der Waals surface area contributed by atoms with Crippen LogP contribution in [0.3, 0.4) is 0 Å². The van der Waals surface area contributed by atoms with Gasteiger partial charge < -0.3 is 18.6 Å². The highest BCUT2D eigenvalue weighted by Crippen LogP contribution is 2.43. The number of likely N-dealkylation sites (tertiary alicyclic amines) is 1. The molecule has 0 bridgehead atoms. The second-order valence-corrected chi connectivity index (χ2v) is 11.0. The lowest BCUT2D eigenvalue weighted by Gasteiger charge is -2.22. The smallest absolute Gasteiger partial charge is 0.343 e. The molecule has 10 nitrogen and oxygen atoms in total. The van der Waals surface area contributed by atoms with Gasteiger partial charge in [0.25, 0.3) is 10.0 Å². The van der Waals surface area contributed by atoms with Crippen LogP contribution < -0.4 is 9.46 Å². The number of nitrogens with one attached hydrogen (secondary N) is 1. The van der Waals surface area contributed by atoms with E-state index < -0.39 is 21.8 Å². The van der Waals surface area contributed by atoms with E-state index in [1.54, 1.807) is 18.2 Å². The van der Waals surface area contributed by atoms with Crippen LogP contribution >= 0.6 is 0 Å². The summed E-state index contributed by atoms with van der Waals surface area (Å²) in [4.78, 5) is 25.8. The van der Waals surface area contributed by atoms with E-state index in [0.29, 0.717) is 37.4 Å². The number of anilines is 1. The predicted octanol–water partition coefficient (Wildman–Crippen LogP) is 4.22. The van der Waals surface area contributed by atoms with Crippen molar-refractivity contribution in [2.75, 3.05) is 31.5 Å². The topological polar surface area (TPSA) is 124 Å². The van der Waals surface area contributed by atoms with Gasteiger partial charge in [-0.15, -0.1) is 0 Å². The molecule has 1 N–H and O–H groups in total. The van der Waals surface area contributed by atoms with Crippen LogP contribution in [-0.2, 0) is 30.9 Å². The molecule has 0 aliphatic carbocycles. The molecule has 0 spiro atoms. The number of nitrogens with zero attached hydrogens (tertiary/aromatic N) is 1. The van der Waals surface area contributed by atoms with Crippen LogP contribution in [-0.4, -0.2) is 58.1 Å². The Morgan fingerprint density at radius 2 is 2.02 bits per heavy atom. The number of hydrogen-bond donors (Lipinski definition) is 1. The second-order valence-electron chi connectivity index (χ2n) is 9.37. The average molecular weight is 571 g/mol. The Morgan fingerprint density at radius 3 is 2.80 bits per heavy atom. The first-order chi connectivity index (χ1) is 19.2. The fraction of sp³-hybridized carbons (Fsp3) is 0.286. The zero-order valence-corrected chi connectivity index (χ0v) is 22.6. The van der Waals surface area contributed by atoms with Crippen molar-refractivity contribution >= 4 is 33.7 Å². The molecule has 1 atom stereocenters. The van der Waals surface area contributed by atoms with Crippen LogP contribution in [0.2, 0.25) is 0 Å². The molecule has 3 heterocycles. The molecule has 0 amide bonds. The number of hydrogen-bond acceptors (Lipinski definition) is 9. The Kier molecular flexibility index (Phi) is 7.63. The molecule has 0 saturated carbocycles. The van der Waals surface area contributed by atoms with Gasteiger partial charge in [-0.25, -0.2) is 17.6 Å². The van der Waals surface area contributed by atoms with E-state index in [2.05, 4.69) is 4.72 Å². The first-order valence-electron chi connectivity index (χ1n) is 12.5. The molecule has 2 aliphatic rings. The van der Waals surface area contributed by atoms with Gasteiger partial charge in [0.05, 0.1) is 24.0 Å². The number of fused-ring (bicyclic) bond motifs is 3. The van der Waals surface area contributed by atoms with Gasteiger partial charge >= 0.3 is 11.9 Å². The molecule has 0 unspecified atom stereocenters. The number of furan rings is 1. The summed E-state index contributed by atoms with van der Waals surface area (Å²) in [6.45, 7) is 3.13. The number of halogens is 1. The number of ether oxygens (including phenoxy) is 3. The monoisotopic (exact) mass is 570 g/mol. The third kappa shape index (κ3) is 5.58. The summed E-state index contributed by atoms with van der Waals surface area (Å²) in [7, 11) is -3.11. The number of sulfonamides is 1. The predicted molar refractivity (Wildman–Crippen MR) is 143 cm³/mol. The van der Waals surface area contributed by atoms with Crippen LogP contribution in [0.15, 0.2) is 58.1 Å². The number of methoxy groups -OCH3 is 1. The number of carbonyl (C=O) groups excluding carboxylic acids is 2. The Morgan fingerprint density at radius 1 is 1.20 bits per heavy atom. The molecule has 2 aromatic carbocycles. The van der Waals surface area contributed by atoms with Crippen molar-refractivity contribution in [3.63, 3.8) is 0 Å². The molecular formula is C28H27FN2O8S. The molecule has 40 heavy (non-hydrogen) atoms. The zero-order chi connectivity index (χ0) is 28.4. The minimum Gasteiger partial charge on any atom is -0.484 e. The quantitative estimate of drug-likeness (QED) is 0.397. The fourth-order valence-corrected chi connectivity index (χ4v) is 6.14. The average Bonchev–Trinajstić information content (AvgIpc) is 3.57. The normalized spacial score (nSPS) is 16.7. The van der Waals surface area contributed by atoms with Gasteiger partial charge in [-0.3, -0.25) is 14.4 Å². The second kappa shape index (κ2) is 11.1. The summed E-state index contributed by atoms with van der Waals surface area (Å²) in [6, 6.07) is 8.13. The number of esters is 2. The van der Waals surface area contributed by atoms with Gasteiger partial charge in [0, 0.05) is 37.7 Å². The molecule has 2 aliphatic heterocycles. The van der Waals surface area contributed by atoms with E-state index in [4.69, 9.17) is 18.6 Å². The van der Waals surface area contributed by atoms with E-state index in [0.717, 1.165) is 23.8 Å². The summed E-state index contributed by atoms with van der Waals surface area (Å²) < 4.78 is 65.1. The summed E-state index contributed by atoms with van der Waals surface area (Å²) in [5.74, 6) is -0.994. The van der Waals surface area contributed by atoms with Crippen molar-refractivity contribution in [1.82, 2.24) is 4.90 Å². The molecule has 1 fully saturated rings. The van der Waals surface area contributed by atoms with Crippen LogP contribution in [0.4, 0.5) is 10.1 Å². The van der Waals surface area contributed by atoms with Crippen LogP contribution in [0, 0.1) is 5.82 Å². The van der Waals surface area contributed by atoms with Gasteiger partial charge in [0.2, 0.25) is 0 Å². The standard InChI is InChI=1S/C28H27FN2O8S/c1-17(32)39-20-9-12-31(15-20)11-3-4-18-14-19(29)5-8-25(18)40(34,35)30-23-7-6-22-21-10-13-37-24(21)16-38-27(22)26(23)28(33)36-2/h3-8,10,13-14,20,30H,9,11-12,15-16H2,1-2H3/t20-/m1/s1. The highest BCUT2D eigenvalue weighted by atomic mass is 32.2. The van der Waals surface area contributed by atoms with Crippen LogP contribution in [0.5, 0.6) is 5.75 Å². The van der Waals surface area contributed by atoms with Gasteiger partial charge in [-0.1, -0.05) is 12.2 Å². The molecule has 5 rings (SSSR count). The third-order valence-electron chi connectivity index (χ3n) is 6.66. The Bertz CT molecular complexity index is 1600. The first kappa shape index (κ1) is 27.4. The van der Waals surface area contributed by atoms with Gasteiger partial charge in [-0.2, -0.15) is 0 Å². The van der Waals surface area contributed by atoms with E-state index in [1.165, 1.54) is 32.4 Å². The van der Waals surface area contributed by atoms with Gasteiger partial charge in [0.1, 0.15) is 35.6 Å². The lowest BCUT2D eigenvalue weighted by molar-refractivity contribution is -0.145. The van der Waals surface area contributed by atoms with Gasteiger partial charge in [0.15, 0.2) is 0 Å². The molecule has 3 aromatic rings. The van der Waals surface area contributed by atoms with Crippen LogP contribution in [0.1, 0.15) is 35.0 Å². The maximum atomic E-state index is 14.2. The van der Waals surface area contributed by atoms with Crippen molar-refractivity contribution in [3.8, 4) is 16.9 Å². The van der Waals surface area contributed by atoms with Crippen molar-refractivity contribution < 1.29 is 41.0 Å². The highest BCUT2D eigenvalue weighted by molar-refractivity contribution is 7.92. The largest absolute Gasteiger partial charge is 0.484 e. The van der Waals surface area contributed by atoms with E-state index >= 15 is 0 Å². The fourth-order valence-electron chi connectivity index (χ4n) is 4.88. The number of carbonyl (C=O) groups is 2. The van der Waals surface area contributed by atoms with Crippen molar-refractivity contribution in [3.05, 3.63) is 71.4 Å². The first-order valence-corrected chi connectivity index (χ1v) is 14.0. The maximum absolute atomic E-state index is 14.2. The Labute approximate surface area is 230 Å².